The van der Waals surface area contributed by atoms with Gasteiger partial charge in [-0.3, -0.25) is 18.6 Å². The maximum Gasteiger partial charge on any atom is 0.472 e. The molecule has 1 aromatic rings. The highest BCUT2D eigenvalue weighted by atomic mass is 31.2. The van der Waals surface area contributed by atoms with E-state index in [-0.39, 0.29) is 18.8 Å². The number of aliphatic carboxylic acids is 1. The Kier molecular flexibility index (Phi) is 17.3. The van der Waals surface area contributed by atoms with E-state index in [1.807, 2.05) is 24.3 Å². The first kappa shape index (κ1) is 35.3. The van der Waals surface area contributed by atoms with Crippen molar-refractivity contribution in [1.29, 1.82) is 0 Å². The van der Waals surface area contributed by atoms with Crippen LogP contribution in [0.4, 0.5) is 0 Å². The van der Waals surface area contributed by atoms with E-state index >= 15 is 0 Å². The highest BCUT2D eigenvalue weighted by Gasteiger charge is 2.36. The fourth-order valence-corrected chi connectivity index (χ4v) is 5.36. The third-order valence-corrected chi connectivity index (χ3v) is 7.79. The largest absolute Gasteiger partial charge is 0.493 e. The molecule has 0 amide bonds. The number of hydrogen-bond acceptors (Lipinski definition) is 9. The normalized spacial score (nSPS) is 19.4. The van der Waals surface area contributed by atoms with Gasteiger partial charge in [0.15, 0.2) is 12.1 Å². The molecule has 1 aliphatic rings. The average molecular weight is 602 g/mol. The van der Waals surface area contributed by atoms with Gasteiger partial charge in [0.1, 0.15) is 24.5 Å². The van der Waals surface area contributed by atoms with E-state index < -0.39 is 38.8 Å². The number of phosphoric ester groups is 1. The first-order chi connectivity index (χ1) is 19.7. The second-order valence-electron chi connectivity index (χ2n) is 10.4. The molecule has 1 saturated heterocycles. The monoisotopic (exact) mass is 601 g/mol. The van der Waals surface area contributed by atoms with Gasteiger partial charge in [-0.2, -0.15) is 0 Å². The Morgan fingerprint density at radius 2 is 1.78 bits per heavy atom. The minimum absolute atomic E-state index is 0.164. The number of rotatable bonds is 23. The third-order valence-electron chi connectivity index (χ3n) is 6.78. The molecule has 0 bridgehead atoms. The number of hydrogen-bond donors (Lipinski definition) is 3. The summed E-state index contributed by atoms with van der Waals surface area (Å²) in [6.07, 6.45) is 10.8. The standard InChI is InChI=1S/C29H48NO10P/c1-2-3-4-5-6-7-8-9-12-19-36-26-15-11-10-14-23(26)17-18-24(31)21-38-29-27(16-13-20-37-29)40-41(34,35)39-22-25(30)28(32)33/h10-11,14-15,25,27,29H,2-9,12-13,16-22,30H2,1H3,(H,32,33)(H,34,35)/t25-,27+,29+/m0/s1. The lowest BCUT2D eigenvalue weighted by Gasteiger charge is -2.31. The number of unbranched alkanes of at least 4 members (excludes halogenated alkanes) is 8. The van der Waals surface area contributed by atoms with Gasteiger partial charge in [-0.05, 0) is 37.3 Å². The molecule has 4 N–H and O–H groups in total. The van der Waals surface area contributed by atoms with Crippen LogP contribution in [0, 0.1) is 0 Å². The predicted molar refractivity (Wildman–Crippen MR) is 154 cm³/mol. The number of carboxylic acids is 1. The van der Waals surface area contributed by atoms with E-state index in [2.05, 4.69) is 11.4 Å². The Morgan fingerprint density at radius 3 is 2.49 bits per heavy atom. The van der Waals surface area contributed by atoms with E-state index in [1.54, 1.807) is 0 Å². The van der Waals surface area contributed by atoms with Crippen LogP contribution in [-0.4, -0.2) is 66.6 Å². The molecule has 1 aromatic carbocycles. The van der Waals surface area contributed by atoms with Gasteiger partial charge in [0.05, 0.1) is 13.2 Å². The number of nitrogens with two attached hydrogens (primary N) is 1. The van der Waals surface area contributed by atoms with Gasteiger partial charge >= 0.3 is 13.8 Å². The van der Waals surface area contributed by atoms with Crippen LogP contribution in [0.15, 0.2) is 24.3 Å². The molecule has 1 aliphatic heterocycles. The van der Waals surface area contributed by atoms with E-state index in [0.29, 0.717) is 32.5 Å². The molecule has 1 fully saturated rings. The van der Waals surface area contributed by atoms with E-state index in [4.69, 9.17) is 29.6 Å². The number of phosphoric acid groups is 1. The van der Waals surface area contributed by atoms with Crippen LogP contribution >= 0.6 is 7.82 Å². The van der Waals surface area contributed by atoms with Crippen molar-refractivity contribution in [2.75, 3.05) is 26.4 Å². The Bertz CT molecular complexity index is 946. The second kappa shape index (κ2) is 20.1. The highest BCUT2D eigenvalue weighted by molar-refractivity contribution is 7.47. The first-order valence-corrected chi connectivity index (χ1v) is 16.3. The number of benzene rings is 1. The first-order valence-electron chi connectivity index (χ1n) is 14.8. The number of carbonyl (C=O) groups is 2. The molecule has 0 aliphatic carbocycles. The number of carboxylic acid groups (broad SMARTS) is 1. The fraction of sp³-hybridized carbons (Fsp3) is 0.724. The summed E-state index contributed by atoms with van der Waals surface area (Å²) in [5, 5.41) is 8.80. The lowest BCUT2D eigenvalue weighted by molar-refractivity contribution is -0.210. The number of para-hydroxylation sites is 1. The lowest BCUT2D eigenvalue weighted by Crippen LogP contribution is -2.39. The summed E-state index contributed by atoms with van der Waals surface area (Å²) in [6, 6.07) is 6.22. The van der Waals surface area contributed by atoms with Crippen molar-refractivity contribution < 1.29 is 47.4 Å². The van der Waals surface area contributed by atoms with Crippen LogP contribution in [0.1, 0.15) is 89.5 Å². The summed E-state index contributed by atoms with van der Waals surface area (Å²) in [5.41, 5.74) is 6.25. The van der Waals surface area contributed by atoms with E-state index in [1.165, 1.54) is 44.9 Å². The van der Waals surface area contributed by atoms with Gasteiger partial charge in [-0.25, -0.2) is 4.57 Å². The number of ether oxygens (including phenoxy) is 3. The van der Waals surface area contributed by atoms with Crippen molar-refractivity contribution in [3.63, 3.8) is 0 Å². The van der Waals surface area contributed by atoms with Crippen molar-refractivity contribution in [1.82, 2.24) is 0 Å². The lowest BCUT2D eigenvalue weighted by atomic mass is 10.1. The number of Topliss-reactive ketones (excluding diaryl/α,β-unsaturated/α-hetero) is 1. The van der Waals surface area contributed by atoms with Gasteiger partial charge < -0.3 is 29.9 Å². The average Bonchev–Trinajstić information content (AvgIpc) is 2.95. The molecule has 0 saturated carbocycles. The molecule has 0 aromatic heterocycles. The summed E-state index contributed by atoms with van der Waals surface area (Å²) in [6.45, 7) is 2.25. The van der Waals surface area contributed by atoms with Crippen molar-refractivity contribution in [2.24, 2.45) is 5.73 Å². The van der Waals surface area contributed by atoms with E-state index in [9.17, 15) is 19.0 Å². The van der Waals surface area contributed by atoms with Crippen molar-refractivity contribution in [3.05, 3.63) is 29.8 Å². The summed E-state index contributed by atoms with van der Waals surface area (Å²) in [4.78, 5) is 33.3. The summed E-state index contributed by atoms with van der Waals surface area (Å²) in [5.74, 6) is -0.757. The molecule has 234 valence electrons. The zero-order valence-corrected chi connectivity index (χ0v) is 25.1. The highest BCUT2D eigenvalue weighted by Crippen LogP contribution is 2.46. The zero-order chi connectivity index (χ0) is 29.9. The molecule has 41 heavy (non-hydrogen) atoms. The molecule has 0 radical (unpaired) electrons. The minimum Gasteiger partial charge on any atom is -0.493 e. The molecule has 0 spiro atoms. The van der Waals surface area contributed by atoms with Crippen LogP contribution in [0.3, 0.4) is 0 Å². The van der Waals surface area contributed by atoms with Crippen molar-refractivity contribution in [2.45, 2.75) is 109 Å². The maximum absolute atomic E-state index is 12.6. The molecule has 12 heteroatoms. The minimum atomic E-state index is -4.62. The van der Waals surface area contributed by atoms with Crippen LogP contribution in [0.2, 0.25) is 0 Å². The second-order valence-corrected chi connectivity index (χ2v) is 11.8. The van der Waals surface area contributed by atoms with Crippen LogP contribution in [0.25, 0.3) is 0 Å². The molecule has 11 nitrogen and oxygen atoms in total. The van der Waals surface area contributed by atoms with E-state index in [0.717, 1.165) is 24.2 Å². The van der Waals surface area contributed by atoms with Gasteiger partial charge in [-0.1, -0.05) is 76.5 Å². The third kappa shape index (κ3) is 15.3. The van der Waals surface area contributed by atoms with Crippen LogP contribution in [-0.2, 0) is 39.1 Å². The summed E-state index contributed by atoms with van der Waals surface area (Å²) < 4.78 is 39.2. The predicted octanol–water partition coefficient (Wildman–Crippen LogP) is 5.17. The number of ketones is 1. The van der Waals surface area contributed by atoms with Gasteiger partial charge in [0.25, 0.3) is 0 Å². The Balaban J connectivity index is 1.71. The quantitative estimate of drug-likeness (QED) is 0.112. The molecule has 4 atom stereocenters. The van der Waals surface area contributed by atoms with Gasteiger partial charge in [0.2, 0.25) is 0 Å². The fourth-order valence-electron chi connectivity index (χ4n) is 4.40. The smallest absolute Gasteiger partial charge is 0.472 e. The summed E-state index contributed by atoms with van der Waals surface area (Å²) in [7, 11) is -4.62. The zero-order valence-electron chi connectivity index (χ0n) is 24.2. The van der Waals surface area contributed by atoms with Gasteiger partial charge in [0, 0.05) is 13.0 Å². The van der Waals surface area contributed by atoms with Gasteiger partial charge in [-0.15, -0.1) is 0 Å². The number of aryl methyl sites for hydroxylation is 1. The maximum atomic E-state index is 12.6. The SMILES string of the molecule is CCCCCCCCCCCOc1ccccc1CCC(=O)CO[C@H]1OCCC[C@H]1OP(=O)(O)OC[C@H](N)C(=O)O. The van der Waals surface area contributed by atoms with Crippen molar-refractivity contribution >= 4 is 19.6 Å². The molecule has 1 unspecified atom stereocenters. The Hall–Kier alpha value is -1.85. The molecule has 2 rings (SSSR count). The molecular weight excluding hydrogens is 553 g/mol. The van der Waals surface area contributed by atoms with Crippen LogP contribution in [0.5, 0.6) is 5.75 Å². The van der Waals surface area contributed by atoms with Crippen molar-refractivity contribution in [3.8, 4) is 5.75 Å². The Morgan fingerprint density at radius 1 is 1.10 bits per heavy atom. The summed E-state index contributed by atoms with van der Waals surface area (Å²) >= 11 is 0. The van der Waals surface area contributed by atoms with Crippen LogP contribution < -0.4 is 10.5 Å². The topological polar surface area (TPSA) is 164 Å². The molecule has 1 heterocycles. The number of carbonyl (C=O) groups excluding carboxylic acids is 1. The molecular formula is C29H48NO10P. The Labute approximate surface area is 243 Å².